The van der Waals surface area contributed by atoms with E-state index >= 15 is 0 Å². The molecule has 1 amide bonds. The van der Waals surface area contributed by atoms with Gasteiger partial charge in [0.05, 0.1) is 12.0 Å². The number of nitrogens with one attached hydrogen (secondary N) is 1. The molecule has 0 aliphatic carbocycles. The molecule has 82 valence electrons. The van der Waals surface area contributed by atoms with E-state index < -0.39 is 5.97 Å². The molecular formula is C9H12N2O3S. The van der Waals surface area contributed by atoms with E-state index in [2.05, 4.69) is 10.1 Å². The number of carbonyl (C=O) groups is 2. The number of aryl methyl sites for hydroxylation is 1. The Bertz CT molecular complexity index is 367. The fourth-order valence-electron chi connectivity index (χ4n) is 0.920. The van der Waals surface area contributed by atoms with Crippen molar-refractivity contribution >= 4 is 28.9 Å². The van der Waals surface area contributed by atoms with Crippen molar-refractivity contribution in [2.24, 2.45) is 0 Å². The molecule has 1 aromatic rings. The number of rotatable bonds is 3. The van der Waals surface area contributed by atoms with Gasteiger partial charge in [-0.1, -0.05) is 0 Å². The van der Waals surface area contributed by atoms with Crippen LogP contribution in [0.1, 0.15) is 14.5 Å². The zero-order valence-electron chi connectivity index (χ0n) is 8.49. The SMILES string of the molecule is COC(=O)CNC(=O)c1cc(N)c(C)s1. The lowest BCUT2D eigenvalue weighted by molar-refractivity contribution is -0.139. The van der Waals surface area contributed by atoms with Crippen LogP contribution in [0.2, 0.25) is 0 Å². The van der Waals surface area contributed by atoms with Gasteiger partial charge in [-0.2, -0.15) is 0 Å². The van der Waals surface area contributed by atoms with Gasteiger partial charge in [-0.25, -0.2) is 0 Å². The molecule has 0 spiro atoms. The molecule has 1 aromatic heterocycles. The number of methoxy groups -OCH3 is 1. The van der Waals surface area contributed by atoms with Gasteiger partial charge in [0.25, 0.3) is 5.91 Å². The highest BCUT2D eigenvalue weighted by Gasteiger charge is 2.11. The minimum Gasteiger partial charge on any atom is -0.468 e. The summed E-state index contributed by atoms with van der Waals surface area (Å²) in [5, 5.41) is 2.43. The van der Waals surface area contributed by atoms with Crippen molar-refractivity contribution in [2.45, 2.75) is 6.92 Å². The van der Waals surface area contributed by atoms with E-state index in [0.29, 0.717) is 10.6 Å². The van der Waals surface area contributed by atoms with Gasteiger partial charge < -0.3 is 15.8 Å². The molecule has 0 aromatic carbocycles. The van der Waals surface area contributed by atoms with Crippen molar-refractivity contribution in [1.82, 2.24) is 5.32 Å². The number of hydrogen-bond acceptors (Lipinski definition) is 5. The Morgan fingerprint density at radius 1 is 1.60 bits per heavy atom. The fourth-order valence-corrected chi connectivity index (χ4v) is 1.78. The number of hydrogen-bond donors (Lipinski definition) is 2. The van der Waals surface area contributed by atoms with Crippen LogP contribution in [0.15, 0.2) is 6.07 Å². The average Bonchev–Trinajstić information content (AvgIpc) is 2.55. The summed E-state index contributed by atoms with van der Waals surface area (Å²) in [4.78, 5) is 23.6. The topological polar surface area (TPSA) is 81.4 Å². The van der Waals surface area contributed by atoms with E-state index in [1.165, 1.54) is 18.4 Å². The van der Waals surface area contributed by atoms with Crippen LogP contribution >= 0.6 is 11.3 Å². The first kappa shape index (κ1) is 11.5. The van der Waals surface area contributed by atoms with Gasteiger partial charge in [0.1, 0.15) is 6.54 Å². The number of esters is 1. The summed E-state index contributed by atoms with van der Waals surface area (Å²) in [5.74, 6) is -0.796. The number of nitrogen functional groups attached to an aromatic ring is 1. The van der Waals surface area contributed by atoms with Crippen LogP contribution in [0, 0.1) is 6.92 Å². The maximum absolute atomic E-state index is 11.5. The molecule has 0 bridgehead atoms. The smallest absolute Gasteiger partial charge is 0.325 e. The van der Waals surface area contributed by atoms with Gasteiger partial charge in [0.15, 0.2) is 0 Å². The minimum atomic E-state index is -0.482. The Hall–Kier alpha value is -1.56. The molecule has 0 aliphatic rings. The van der Waals surface area contributed by atoms with Crippen molar-refractivity contribution in [1.29, 1.82) is 0 Å². The number of nitrogens with two attached hydrogens (primary N) is 1. The third kappa shape index (κ3) is 2.95. The number of thiophene rings is 1. The molecule has 1 rings (SSSR count). The van der Waals surface area contributed by atoms with Gasteiger partial charge in [-0.3, -0.25) is 9.59 Å². The molecule has 3 N–H and O–H groups in total. The second kappa shape index (κ2) is 4.79. The summed E-state index contributed by atoms with van der Waals surface area (Å²) in [7, 11) is 1.27. The normalized spacial score (nSPS) is 9.73. The molecule has 0 saturated heterocycles. The predicted molar refractivity (Wildman–Crippen MR) is 57.8 cm³/mol. The number of ether oxygens (including phenoxy) is 1. The van der Waals surface area contributed by atoms with Crippen LogP contribution in [0.25, 0.3) is 0 Å². The molecule has 5 nitrogen and oxygen atoms in total. The standard InChI is InChI=1S/C9H12N2O3S/c1-5-6(10)3-7(15-5)9(13)11-4-8(12)14-2/h3H,4,10H2,1-2H3,(H,11,13). The van der Waals surface area contributed by atoms with Crippen molar-refractivity contribution in [3.63, 3.8) is 0 Å². The van der Waals surface area contributed by atoms with Crippen LogP contribution in [0.4, 0.5) is 5.69 Å². The predicted octanol–water partition coefficient (Wildman–Crippen LogP) is 0.542. The summed E-state index contributed by atoms with van der Waals surface area (Å²) in [5.41, 5.74) is 6.19. The van der Waals surface area contributed by atoms with E-state index in [-0.39, 0.29) is 12.5 Å². The van der Waals surface area contributed by atoms with E-state index in [1.54, 1.807) is 6.07 Å². The summed E-state index contributed by atoms with van der Waals surface area (Å²) in [6.45, 7) is 1.70. The fraction of sp³-hybridized carbons (Fsp3) is 0.333. The lowest BCUT2D eigenvalue weighted by atomic mass is 10.3. The zero-order valence-corrected chi connectivity index (χ0v) is 9.31. The summed E-state index contributed by atoms with van der Waals surface area (Å²) < 4.78 is 4.39. The number of anilines is 1. The van der Waals surface area contributed by atoms with Crippen molar-refractivity contribution in [3.8, 4) is 0 Å². The molecule has 0 saturated carbocycles. The molecule has 0 atom stereocenters. The quantitative estimate of drug-likeness (QED) is 0.740. The number of amides is 1. The molecule has 0 unspecified atom stereocenters. The maximum Gasteiger partial charge on any atom is 0.325 e. The summed E-state index contributed by atoms with van der Waals surface area (Å²) in [6, 6.07) is 1.59. The van der Waals surface area contributed by atoms with E-state index in [1.807, 2.05) is 6.92 Å². The molecule has 6 heteroatoms. The van der Waals surface area contributed by atoms with Crippen molar-refractivity contribution in [3.05, 3.63) is 15.8 Å². The Morgan fingerprint density at radius 3 is 2.73 bits per heavy atom. The third-order valence-electron chi connectivity index (χ3n) is 1.80. The molecular weight excluding hydrogens is 216 g/mol. The highest BCUT2D eigenvalue weighted by Crippen LogP contribution is 2.22. The Morgan fingerprint density at radius 2 is 2.27 bits per heavy atom. The second-order valence-corrected chi connectivity index (χ2v) is 4.14. The van der Waals surface area contributed by atoms with Crippen LogP contribution in [0.3, 0.4) is 0 Å². The lowest BCUT2D eigenvalue weighted by Crippen LogP contribution is -2.29. The van der Waals surface area contributed by atoms with Gasteiger partial charge in [-0.05, 0) is 13.0 Å². The van der Waals surface area contributed by atoms with Gasteiger partial charge in [0.2, 0.25) is 0 Å². The average molecular weight is 228 g/mol. The van der Waals surface area contributed by atoms with E-state index in [4.69, 9.17) is 5.73 Å². The van der Waals surface area contributed by atoms with Gasteiger partial charge in [-0.15, -0.1) is 11.3 Å². The largest absolute Gasteiger partial charge is 0.468 e. The van der Waals surface area contributed by atoms with Crippen LogP contribution in [-0.4, -0.2) is 25.5 Å². The zero-order chi connectivity index (χ0) is 11.4. The lowest BCUT2D eigenvalue weighted by Gasteiger charge is -2.00. The van der Waals surface area contributed by atoms with E-state index in [0.717, 1.165) is 4.88 Å². The number of carbonyl (C=O) groups excluding carboxylic acids is 2. The molecule has 1 heterocycles. The Kier molecular flexibility index (Phi) is 3.68. The third-order valence-corrected chi connectivity index (χ3v) is 2.87. The minimum absolute atomic E-state index is 0.133. The van der Waals surface area contributed by atoms with Crippen molar-refractivity contribution in [2.75, 3.05) is 19.4 Å². The van der Waals surface area contributed by atoms with Gasteiger partial charge in [0, 0.05) is 10.6 Å². The molecule has 0 radical (unpaired) electrons. The highest BCUT2D eigenvalue weighted by atomic mass is 32.1. The summed E-state index contributed by atoms with van der Waals surface area (Å²) in [6.07, 6.45) is 0. The first-order valence-electron chi connectivity index (χ1n) is 4.25. The monoisotopic (exact) mass is 228 g/mol. The van der Waals surface area contributed by atoms with Gasteiger partial charge >= 0.3 is 5.97 Å². The Labute approximate surface area is 91.2 Å². The molecule has 0 fully saturated rings. The summed E-state index contributed by atoms with van der Waals surface area (Å²) >= 11 is 1.29. The van der Waals surface area contributed by atoms with Crippen LogP contribution < -0.4 is 11.1 Å². The van der Waals surface area contributed by atoms with Crippen LogP contribution in [-0.2, 0) is 9.53 Å². The first-order chi connectivity index (χ1) is 7.04. The second-order valence-electron chi connectivity index (χ2n) is 2.88. The molecule has 0 aliphatic heterocycles. The van der Waals surface area contributed by atoms with E-state index in [9.17, 15) is 9.59 Å². The molecule has 15 heavy (non-hydrogen) atoms. The maximum atomic E-state index is 11.5. The Balaban J connectivity index is 2.58. The highest BCUT2D eigenvalue weighted by molar-refractivity contribution is 7.14. The first-order valence-corrected chi connectivity index (χ1v) is 5.07. The van der Waals surface area contributed by atoms with Crippen molar-refractivity contribution < 1.29 is 14.3 Å². The van der Waals surface area contributed by atoms with Crippen LogP contribution in [0.5, 0.6) is 0 Å².